The Morgan fingerprint density at radius 2 is 1.95 bits per heavy atom. The van der Waals surface area contributed by atoms with Crippen molar-refractivity contribution in [3.63, 3.8) is 0 Å². The molecule has 0 atom stereocenters. The lowest BCUT2D eigenvalue weighted by Gasteiger charge is -2.32. The Bertz CT molecular complexity index is 406. The van der Waals surface area contributed by atoms with E-state index in [0.717, 1.165) is 32.0 Å². The summed E-state index contributed by atoms with van der Waals surface area (Å²) in [4.78, 5) is 10.9. The second-order valence-electron chi connectivity index (χ2n) is 4.53. The van der Waals surface area contributed by atoms with E-state index in [1.54, 1.807) is 13.2 Å². The van der Waals surface area contributed by atoms with Gasteiger partial charge in [-0.3, -0.25) is 0 Å². The monoisotopic (exact) mass is 267 g/mol. The number of aromatic nitrogens is 2. The van der Waals surface area contributed by atoms with Crippen LogP contribution in [0.4, 0.5) is 11.6 Å². The molecule has 0 bridgehead atoms. The first-order valence-electron chi connectivity index (χ1n) is 6.25. The van der Waals surface area contributed by atoms with Gasteiger partial charge in [0, 0.05) is 39.4 Å². The number of ether oxygens (including phenoxy) is 1. The van der Waals surface area contributed by atoms with Crippen LogP contribution in [0.2, 0.25) is 0 Å². The van der Waals surface area contributed by atoms with E-state index in [0.29, 0.717) is 18.2 Å². The van der Waals surface area contributed by atoms with Crippen LogP contribution in [0.5, 0.6) is 0 Å². The second-order valence-corrected chi connectivity index (χ2v) is 4.53. The van der Waals surface area contributed by atoms with Crippen molar-refractivity contribution >= 4 is 11.6 Å². The molecule has 106 valence electrons. The molecule has 8 nitrogen and oxygen atoms in total. The minimum atomic E-state index is 0.354. The SMILES string of the molecule is COCc1nc(NN)cc(NN2CCN(C)CC2)n1. The average Bonchev–Trinajstić information content (AvgIpc) is 2.41. The fraction of sp³-hybridized carbons (Fsp3) is 0.636. The number of rotatable bonds is 5. The first kappa shape index (κ1) is 13.9. The van der Waals surface area contributed by atoms with Gasteiger partial charge >= 0.3 is 0 Å². The number of hydrogen-bond donors (Lipinski definition) is 3. The van der Waals surface area contributed by atoms with Gasteiger partial charge in [0.15, 0.2) is 5.82 Å². The summed E-state index contributed by atoms with van der Waals surface area (Å²) < 4.78 is 5.04. The Morgan fingerprint density at radius 1 is 1.26 bits per heavy atom. The fourth-order valence-corrected chi connectivity index (χ4v) is 1.90. The molecule has 4 N–H and O–H groups in total. The van der Waals surface area contributed by atoms with Crippen LogP contribution in [0, 0.1) is 0 Å². The number of hydrogen-bond acceptors (Lipinski definition) is 8. The van der Waals surface area contributed by atoms with E-state index in [4.69, 9.17) is 10.6 Å². The van der Waals surface area contributed by atoms with Crippen LogP contribution in [-0.2, 0) is 11.3 Å². The number of nitrogen functional groups attached to an aromatic ring is 1. The van der Waals surface area contributed by atoms with E-state index < -0.39 is 0 Å². The Kier molecular flexibility index (Phi) is 4.86. The first-order valence-corrected chi connectivity index (χ1v) is 6.25. The summed E-state index contributed by atoms with van der Waals surface area (Å²) in [6.45, 7) is 4.32. The number of nitrogens with two attached hydrogens (primary N) is 1. The van der Waals surface area contributed by atoms with Crippen LogP contribution >= 0.6 is 0 Å². The van der Waals surface area contributed by atoms with Gasteiger partial charge in [-0.25, -0.2) is 20.8 Å². The lowest BCUT2D eigenvalue weighted by molar-refractivity contribution is 0.175. The van der Waals surface area contributed by atoms with Gasteiger partial charge in [-0.15, -0.1) is 0 Å². The zero-order chi connectivity index (χ0) is 13.7. The van der Waals surface area contributed by atoms with E-state index in [-0.39, 0.29) is 0 Å². The number of piperazine rings is 1. The minimum Gasteiger partial charge on any atom is -0.377 e. The summed E-state index contributed by atoms with van der Waals surface area (Å²) in [5.74, 6) is 7.29. The number of hydrazine groups is 2. The number of nitrogens with one attached hydrogen (secondary N) is 2. The van der Waals surface area contributed by atoms with Crippen molar-refractivity contribution in [2.24, 2.45) is 5.84 Å². The second kappa shape index (κ2) is 6.62. The molecule has 19 heavy (non-hydrogen) atoms. The fourth-order valence-electron chi connectivity index (χ4n) is 1.90. The summed E-state index contributed by atoms with van der Waals surface area (Å²) in [6.07, 6.45) is 0. The highest BCUT2D eigenvalue weighted by atomic mass is 16.5. The smallest absolute Gasteiger partial charge is 0.158 e. The third-order valence-electron chi connectivity index (χ3n) is 2.97. The van der Waals surface area contributed by atoms with Gasteiger partial charge in [0.2, 0.25) is 0 Å². The molecule has 1 aliphatic heterocycles. The molecular weight excluding hydrogens is 246 g/mol. The van der Waals surface area contributed by atoms with E-state index in [1.807, 2.05) is 0 Å². The quantitative estimate of drug-likeness (QED) is 0.485. The lowest BCUT2D eigenvalue weighted by Crippen LogP contribution is -2.47. The topological polar surface area (TPSA) is 91.6 Å². The van der Waals surface area contributed by atoms with Crippen molar-refractivity contribution in [2.45, 2.75) is 6.61 Å². The molecule has 2 heterocycles. The summed E-state index contributed by atoms with van der Waals surface area (Å²) in [7, 11) is 3.73. The van der Waals surface area contributed by atoms with Gasteiger partial charge < -0.3 is 20.5 Å². The highest BCUT2D eigenvalue weighted by Crippen LogP contribution is 2.12. The van der Waals surface area contributed by atoms with Crippen molar-refractivity contribution < 1.29 is 4.74 Å². The van der Waals surface area contributed by atoms with Crippen LogP contribution in [0.3, 0.4) is 0 Å². The molecule has 0 amide bonds. The lowest BCUT2D eigenvalue weighted by atomic mass is 10.4. The molecule has 0 aromatic carbocycles. The number of anilines is 2. The van der Waals surface area contributed by atoms with Gasteiger partial charge in [-0.05, 0) is 7.05 Å². The molecular formula is C11H21N7O. The standard InChI is InChI=1S/C11H21N7O/c1-17-3-5-18(6-4-17)16-10-7-9(15-12)13-11(14-10)8-19-2/h7H,3-6,8,12H2,1-2H3,(H2,13,14,15,16). The third-order valence-corrected chi connectivity index (χ3v) is 2.97. The first-order chi connectivity index (χ1) is 9.21. The Balaban J connectivity index is 2.04. The molecule has 1 aromatic heterocycles. The third kappa shape index (κ3) is 4.00. The molecule has 1 fully saturated rings. The largest absolute Gasteiger partial charge is 0.377 e. The van der Waals surface area contributed by atoms with Crippen LogP contribution in [0.1, 0.15) is 5.82 Å². The van der Waals surface area contributed by atoms with Crippen LogP contribution in [0.15, 0.2) is 6.07 Å². The zero-order valence-electron chi connectivity index (χ0n) is 11.4. The average molecular weight is 267 g/mol. The summed E-state index contributed by atoms with van der Waals surface area (Å²) in [5, 5.41) is 2.14. The molecule has 0 unspecified atom stereocenters. The minimum absolute atomic E-state index is 0.354. The van der Waals surface area contributed by atoms with Gasteiger partial charge in [-0.2, -0.15) is 0 Å². The Labute approximate surface area is 112 Å². The van der Waals surface area contributed by atoms with Gasteiger partial charge in [0.05, 0.1) is 0 Å². The van der Waals surface area contributed by atoms with Crippen molar-refractivity contribution in [1.82, 2.24) is 19.9 Å². The van der Waals surface area contributed by atoms with Crippen molar-refractivity contribution in [1.29, 1.82) is 0 Å². The molecule has 0 radical (unpaired) electrons. The van der Waals surface area contributed by atoms with E-state index in [1.165, 1.54) is 0 Å². The molecule has 0 spiro atoms. The highest BCUT2D eigenvalue weighted by molar-refractivity contribution is 5.46. The van der Waals surface area contributed by atoms with Crippen molar-refractivity contribution in [3.05, 3.63) is 11.9 Å². The molecule has 0 saturated carbocycles. The number of methoxy groups -OCH3 is 1. The Morgan fingerprint density at radius 3 is 2.58 bits per heavy atom. The molecule has 1 aliphatic rings. The Hall–Kier alpha value is -1.48. The van der Waals surface area contributed by atoms with Crippen LogP contribution in [-0.4, -0.2) is 60.2 Å². The summed E-state index contributed by atoms with van der Waals surface area (Å²) in [5.41, 5.74) is 5.82. The van der Waals surface area contributed by atoms with Crippen LogP contribution < -0.4 is 16.7 Å². The molecule has 8 heteroatoms. The van der Waals surface area contributed by atoms with Crippen molar-refractivity contribution in [3.8, 4) is 0 Å². The number of likely N-dealkylation sites (N-methyl/N-ethyl adjacent to an activating group) is 1. The van der Waals surface area contributed by atoms with Gasteiger partial charge in [-0.1, -0.05) is 0 Å². The predicted octanol–water partition coefficient (Wildman–Crippen LogP) is -0.517. The van der Waals surface area contributed by atoms with Crippen LogP contribution in [0.25, 0.3) is 0 Å². The summed E-state index contributed by atoms with van der Waals surface area (Å²) >= 11 is 0. The normalized spacial score (nSPS) is 17.4. The molecule has 1 aromatic rings. The molecule has 0 aliphatic carbocycles. The van der Waals surface area contributed by atoms with Crippen molar-refractivity contribution in [2.75, 3.05) is 51.2 Å². The maximum Gasteiger partial charge on any atom is 0.158 e. The van der Waals surface area contributed by atoms with Gasteiger partial charge in [0.1, 0.15) is 18.2 Å². The van der Waals surface area contributed by atoms with E-state index in [2.05, 4.69) is 37.8 Å². The number of nitrogens with zero attached hydrogens (tertiary/aromatic N) is 4. The maximum atomic E-state index is 5.41. The van der Waals surface area contributed by atoms with E-state index >= 15 is 0 Å². The van der Waals surface area contributed by atoms with E-state index in [9.17, 15) is 0 Å². The zero-order valence-corrected chi connectivity index (χ0v) is 11.4. The highest BCUT2D eigenvalue weighted by Gasteiger charge is 2.14. The van der Waals surface area contributed by atoms with Gasteiger partial charge in [0.25, 0.3) is 0 Å². The maximum absolute atomic E-state index is 5.41. The molecule has 1 saturated heterocycles. The predicted molar refractivity (Wildman–Crippen MR) is 73.2 cm³/mol. The molecule has 2 rings (SSSR count). The summed E-state index contributed by atoms with van der Waals surface area (Å²) in [6, 6.07) is 1.78.